The van der Waals surface area contributed by atoms with Crippen molar-refractivity contribution < 1.29 is 9.45 Å². The zero-order valence-electron chi connectivity index (χ0n) is 9.08. The van der Waals surface area contributed by atoms with Gasteiger partial charge in [0, 0.05) is 17.8 Å². The van der Waals surface area contributed by atoms with E-state index in [2.05, 4.69) is 20.0 Å². The Balaban J connectivity index is 2.13. The van der Waals surface area contributed by atoms with E-state index < -0.39 is 4.92 Å². The predicted octanol–water partition coefficient (Wildman–Crippen LogP) is 1.90. The fourth-order valence-corrected chi connectivity index (χ4v) is 1.42. The number of anilines is 1. The van der Waals surface area contributed by atoms with Crippen molar-refractivity contribution in [2.75, 3.05) is 5.32 Å². The molecule has 2 aromatic rings. The molecule has 0 bridgehead atoms. The molecule has 0 atom stereocenters. The molecule has 0 unspecified atom stereocenters. The van der Waals surface area contributed by atoms with Gasteiger partial charge in [-0.2, -0.15) is 4.98 Å². The van der Waals surface area contributed by atoms with E-state index in [0.717, 1.165) is 5.56 Å². The summed E-state index contributed by atoms with van der Waals surface area (Å²) in [6.07, 6.45) is 1.23. The summed E-state index contributed by atoms with van der Waals surface area (Å²) in [6, 6.07) is 4.79. The molecule has 1 aromatic carbocycles. The van der Waals surface area contributed by atoms with Crippen LogP contribution in [0.2, 0.25) is 0 Å². The molecule has 0 saturated heterocycles. The van der Waals surface area contributed by atoms with Crippen molar-refractivity contribution >= 4 is 11.4 Å². The molecule has 0 radical (unpaired) electrons. The van der Waals surface area contributed by atoms with Gasteiger partial charge in [0.05, 0.1) is 11.5 Å². The van der Waals surface area contributed by atoms with Gasteiger partial charge in [0.1, 0.15) is 0 Å². The fourth-order valence-electron chi connectivity index (χ4n) is 1.42. The largest absolute Gasteiger partial charge is 0.377 e. The first-order valence-electron chi connectivity index (χ1n) is 4.90. The van der Waals surface area contributed by atoms with E-state index in [1.54, 1.807) is 6.92 Å². The molecule has 0 aliphatic rings. The first kappa shape index (κ1) is 11.1. The second kappa shape index (κ2) is 4.60. The summed E-state index contributed by atoms with van der Waals surface area (Å²) in [5.74, 6) is 0.495. The molecule has 1 heterocycles. The van der Waals surface area contributed by atoms with Gasteiger partial charge < -0.3 is 9.84 Å². The van der Waals surface area contributed by atoms with E-state index in [4.69, 9.17) is 0 Å². The van der Waals surface area contributed by atoms with Crippen molar-refractivity contribution in [2.24, 2.45) is 0 Å². The summed E-state index contributed by atoms with van der Waals surface area (Å²) in [5, 5.41) is 17.3. The van der Waals surface area contributed by atoms with Crippen LogP contribution in [0.5, 0.6) is 0 Å². The van der Waals surface area contributed by atoms with Crippen LogP contribution in [0, 0.1) is 17.0 Å². The first-order chi connectivity index (χ1) is 8.15. The van der Waals surface area contributed by atoms with Crippen LogP contribution in [0.4, 0.5) is 11.4 Å². The zero-order chi connectivity index (χ0) is 12.3. The molecule has 0 aliphatic carbocycles. The lowest BCUT2D eigenvalue weighted by atomic mass is 10.2. The number of nitro groups is 1. The third-order valence-corrected chi connectivity index (χ3v) is 2.13. The molecule has 7 nitrogen and oxygen atoms in total. The highest BCUT2D eigenvalue weighted by molar-refractivity contribution is 5.53. The number of rotatable bonds is 4. The first-order valence-corrected chi connectivity index (χ1v) is 4.90. The number of nitro benzene ring substituents is 1. The van der Waals surface area contributed by atoms with E-state index >= 15 is 0 Å². The maximum absolute atomic E-state index is 10.7. The number of aromatic nitrogens is 2. The summed E-state index contributed by atoms with van der Waals surface area (Å²) in [5.41, 5.74) is 1.52. The second-order valence-corrected chi connectivity index (χ2v) is 3.52. The molecule has 0 aliphatic heterocycles. The van der Waals surface area contributed by atoms with E-state index in [1.807, 2.05) is 6.07 Å². The van der Waals surface area contributed by atoms with Crippen molar-refractivity contribution in [1.29, 1.82) is 0 Å². The smallest absolute Gasteiger partial charge is 0.271 e. The Morgan fingerprint density at radius 2 is 2.29 bits per heavy atom. The summed E-state index contributed by atoms with van der Waals surface area (Å²) in [6.45, 7) is 2.16. The Morgan fingerprint density at radius 3 is 2.94 bits per heavy atom. The van der Waals surface area contributed by atoms with Gasteiger partial charge in [-0.3, -0.25) is 10.1 Å². The number of nitrogens with zero attached hydrogens (tertiary/aromatic N) is 3. The van der Waals surface area contributed by atoms with Gasteiger partial charge in [-0.05, 0) is 18.6 Å². The van der Waals surface area contributed by atoms with Gasteiger partial charge in [-0.1, -0.05) is 5.16 Å². The maximum atomic E-state index is 10.7. The minimum Gasteiger partial charge on any atom is -0.377 e. The van der Waals surface area contributed by atoms with Crippen LogP contribution in [-0.2, 0) is 6.54 Å². The molecule has 0 saturated carbocycles. The quantitative estimate of drug-likeness (QED) is 0.641. The Bertz CT molecular complexity index is 524. The van der Waals surface area contributed by atoms with Gasteiger partial charge in [0.2, 0.25) is 6.39 Å². The molecule has 0 amide bonds. The van der Waals surface area contributed by atoms with E-state index in [1.165, 1.54) is 18.5 Å². The van der Waals surface area contributed by atoms with Crippen LogP contribution in [0.3, 0.4) is 0 Å². The van der Waals surface area contributed by atoms with E-state index in [0.29, 0.717) is 18.1 Å². The molecule has 88 valence electrons. The number of non-ortho nitro benzene ring substituents is 1. The van der Waals surface area contributed by atoms with Gasteiger partial charge >= 0.3 is 0 Å². The van der Waals surface area contributed by atoms with Crippen LogP contribution in [0.1, 0.15) is 11.4 Å². The predicted molar refractivity (Wildman–Crippen MR) is 59.5 cm³/mol. The van der Waals surface area contributed by atoms with Crippen LogP contribution >= 0.6 is 0 Å². The Kier molecular flexibility index (Phi) is 2.99. The van der Waals surface area contributed by atoms with Gasteiger partial charge in [0.15, 0.2) is 5.82 Å². The molecule has 1 aromatic heterocycles. The lowest BCUT2D eigenvalue weighted by Crippen LogP contribution is -2.02. The highest BCUT2D eigenvalue weighted by Crippen LogP contribution is 2.20. The van der Waals surface area contributed by atoms with Gasteiger partial charge in [0.25, 0.3) is 5.69 Å². The molecule has 0 fully saturated rings. The molecule has 1 N–H and O–H groups in total. The van der Waals surface area contributed by atoms with Gasteiger partial charge in [-0.25, -0.2) is 0 Å². The molecule has 0 spiro atoms. The Labute approximate surface area is 96.6 Å². The summed E-state index contributed by atoms with van der Waals surface area (Å²) in [7, 11) is 0. The van der Waals surface area contributed by atoms with E-state index in [-0.39, 0.29) is 5.69 Å². The summed E-state index contributed by atoms with van der Waals surface area (Å²) < 4.78 is 4.58. The zero-order valence-corrected chi connectivity index (χ0v) is 9.08. The van der Waals surface area contributed by atoms with Crippen molar-refractivity contribution in [3.05, 3.63) is 46.1 Å². The third-order valence-electron chi connectivity index (χ3n) is 2.13. The summed E-state index contributed by atoms with van der Waals surface area (Å²) >= 11 is 0. The van der Waals surface area contributed by atoms with E-state index in [9.17, 15) is 10.1 Å². The highest BCUT2D eigenvalue weighted by atomic mass is 16.6. The maximum Gasteiger partial charge on any atom is 0.271 e. The fraction of sp³-hybridized carbons (Fsp3) is 0.200. The molecular weight excluding hydrogens is 224 g/mol. The Hall–Kier alpha value is -2.44. The number of aryl methyl sites for hydroxylation is 1. The number of hydrogen-bond acceptors (Lipinski definition) is 6. The number of benzene rings is 1. The van der Waals surface area contributed by atoms with Crippen LogP contribution in [0.25, 0.3) is 0 Å². The molecule has 7 heteroatoms. The van der Waals surface area contributed by atoms with Crippen LogP contribution in [-0.4, -0.2) is 15.1 Å². The molecule has 2 rings (SSSR count). The monoisotopic (exact) mass is 234 g/mol. The number of hydrogen-bond donors (Lipinski definition) is 1. The van der Waals surface area contributed by atoms with Crippen molar-refractivity contribution in [1.82, 2.24) is 10.1 Å². The average Bonchev–Trinajstić information content (AvgIpc) is 2.78. The normalized spacial score (nSPS) is 10.2. The minimum absolute atomic E-state index is 0.0561. The Morgan fingerprint density at radius 1 is 1.47 bits per heavy atom. The summed E-state index contributed by atoms with van der Waals surface area (Å²) in [4.78, 5) is 14.1. The third kappa shape index (κ3) is 2.77. The minimum atomic E-state index is -0.424. The highest BCUT2D eigenvalue weighted by Gasteiger charge is 2.08. The second-order valence-electron chi connectivity index (χ2n) is 3.52. The SMILES string of the molecule is Cc1cc(NCc2ncon2)cc([N+](=O)[O-])c1. The van der Waals surface area contributed by atoms with Crippen molar-refractivity contribution in [3.63, 3.8) is 0 Å². The molecular formula is C10H10N4O3. The number of nitrogens with one attached hydrogen (secondary N) is 1. The van der Waals surface area contributed by atoms with Crippen LogP contribution in [0.15, 0.2) is 29.1 Å². The standard InChI is InChI=1S/C10H10N4O3/c1-7-2-8(4-9(3-7)14(15)16)11-5-10-12-6-17-13-10/h2-4,6,11H,5H2,1H3. The molecule has 17 heavy (non-hydrogen) atoms. The van der Waals surface area contributed by atoms with Crippen LogP contribution < -0.4 is 5.32 Å². The van der Waals surface area contributed by atoms with Crippen molar-refractivity contribution in [2.45, 2.75) is 13.5 Å². The van der Waals surface area contributed by atoms with Gasteiger partial charge in [-0.15, -0.1) is 0 Å². The topological polar surface area (TPSA) is 94.1 Å². The van der Waals surface area contributed by atoms with Crippen molar-refractivity contribution in [3.8, 4) is 0 Å². The lowest BCUT2D eigenvalue weighted by molar-refractivity contribution is -0.384. The average molecular weight is 234 g/mol. The lowest BCUT2D eigenvalue weighted by Gasteiger charge is -2.04.